The van der Waals surface area contributed by atoms with Crippen LogP contribution in [0.15, 0.2) is 182 Å². The number of amides is 1. The van der Waals surface area contributed by atoms with E-state index in [1.54, 1.807) is 121 Å². The molecule has 0 aromatic heterocycles. The third-order valence-electron chi connectivity index (χ3n) is 12.4. The summed E-state index contributed by atoms with van der Waals surface area (Å²) < 4.78 is 63.1. The van der Waals surface area contributed by atoms with E-state index in [9.17, 15) is 28.8 Å². The highest BCUT2D eigenvalue weighted by Gasteiger charge is 2.58. The number of benzene rings is 6. The first kappa shape index (κ1) is 50.7. The molecule has 6 aromatic rings. The molecule has 3 aliphatic rings. The predicted molar refractivity (Wildman–Crippen MR) is 260 cm³/mol. The van der Waals surface area contributed by atoms with Crippen molar-refractivity contribution in [1.82, 2.24) is 4.90 Å². The van der Waals surface area contributed by atoms with Gasteiger partial charge in [0.2, 0.25) is 0 Å². The molecule has 3 heterocycles. The van der Waals surface area contributed by atoms with E-state index in [2.05, 4.69) is 0 Å². The topological polar surface area (TPSA) is 198 Å². The van der Waals surface area contributed by atoms with Gasteiger partial charge in [0, 0.05) is 12.5 Å². The fraction of sp³-hybridized carbons (Fsp3) is 0.263. The van der Waals surface area contributed by atoms with Gasteiger partial charge in [-0.25, -0.2) is 24.0 Å². The molecule has 1 unspecified atom stereocenters. The van der Waals surface area contributed by atoms with E-state index in [1.165, 1.54) is 48.2 Å². The molecule has 0 N–H and O–H groups in total. The summed E-state index contributed by atoms with van der Waals surface area (Å²) in [5.74, 6) is -4.26. The van der Waals surface area contributed by atoms with E-state index in [-0.39, 0.29) is 42.0 Å². The number of fused-ring (bicyclic) bond motifs is 1. The molecule has 6 aromatic carbocycles. The summed E-state index contributed by atoms with van der Waals surface area (Å²) in [7, 11) is 0. The third kappa shape index (κ3) is 12.3. The highest BCUT2D eigenvalue weighted by atomic mass is 16.8. The fourth-order valence-corrected chi connectivity index (χ4v) is 8.83. The van der Waals surface area contributed by atoms with E-state index in [0.29, 0.717) is 5.56 Å². The van der Waals surface area contributed by atoms with Crippen LogP contribution in [0, 0.1) is 0 Å². The van der Waals surface area contributed by atoms with Crippen LogP contribution in [-0.2, 0) is 58.8 Å². The Labute approximate surface area is 425 Å². The van der Waals surface area contributed by atoms with Gasteiger partial charge in [0.25, 0.3) is 0 Å². The van der Waals surface area contributed by atoms with Gasteiger partial charge in [-0.1, -0.05) is 133 Å². The smallest absolute Gasteiger partial charge is 0.410 e. The summed E-state index contributed by atoms with van der Waals surface area (Å²) in [6, 6.07) is 49.0. The summed E-state index contributed by atoms with van der Waals surface area (Å²) in [5.41, 5.74) is 1.77. The van der Waals surface area contributed by atoms with Crippen molar-refractivity contribution < 1.29 is 76.1 Å². The van der Waals surface area contributed by atoms with Crippen LogP contribution in [0.2, 0.25) is 0 Å². The van der Waals surface area contributed by atoms with Gasteiger partial charge in [0.15, 0.2) is 30.9 Å². The minimum absolute atomic E-state index is 0.0785. The van der Waals surface area contributed by atoms with Crippen molar-refractivity contribution in [2.75, 3.05) is 19.8 Å². The lowest BCUT2D eigenvalue weighted by atomic mass is 9.92. The van der Waals surface area contributed by atoms with E-state index < -0.39 is 104 Å². The number of piperidine rings is 1. The van der Waals surface area contributed by atoms with Crippen LogP contribution >= 0.6 is 0 Å². The molecule has 17 nitrogen and oxygen atoms in total. The van der Waals surface area contributed by atoms with Crippen LogP contribution < -0.4 is 0 Å². The Morgan fingerprint density at radius 2 is 0.986 bits per heavy atom. The van der Waals surface area contributed by atoms with Crippen molar-refractivity contribution in [3.63, 3.8) is 0 Å². The Kier molecular flexibility index (Phi) is 16.4. The molecule has 3 fully saturated rings. The van der Waals surface area contributed by atoms with Gasteiger partial charge in [-0.15, -0.1) is 0 Å². The summed E-state index contributed by atoms with van der Waals surface area (Å²) in [6.45, 7) is 0.0274. The molecule has 0 saturated carbocycles. The van der Waals surface area contributed by atoms with Crippen LogP contribution in [-0.4, -0.2) is 116 Å². The first-order valence-corrected chi connectivity index (χ1v) is 23.9. The molecule has 0 aliphatic carbocycles. The van der Waals surface area contributed by atoms with Crippen molar-refractivity contribution in [2.24, 2.45) is 0 Å². The fourth-order valence-electron chi connectivity index (χ4n) is 8.83. The van der Waals surface area contributed by atoms with Crippen molar-refractivity contribution in [2.45, 2.75) is 74.9 Å². The molecule has 0 bridgehead atoms. The number of carbonyl (C=O) groups excluding carboxylic acids is 6. The lowest BCUT2D eigenvalue weighted by Gasteiger charge is -2.52. The third-order valence-corrected chi connectivity index (χ3v) is 12.4. The van der Waals surface area contributed by atoms with E-state index in [0.717, 1.165) is 5.56 Å². The molecule has 0 spiro atoms. The van der Waals surface area contributed by atoms with Gasteiger partial charge >= 0.3 is 35.9 Å². The Balaban J connectivity index is 1.14. The molecule has 3 aliphatic heterocycles. The molecule has 10 atom stereocenters. The molecule has 74 heavy (non-hydrogen) atoms. The minimum Gasteiger partial charge on any atom is -0.459 e. The largest absolute Gasteiger partial charge is 0.459 e. The van der Waals surface area contributed by atoms with Crippen LogP contribution in [0.3, 0.4) is 0 Å². The number of likely N-dealkylation sites (tertiary alicyclic amines) is 1. The average molecular weight is 1010 g/mol. The first-order valence-electron chi connectivity index (χ1n) is 23.9. The Morgan fingerprint density at radius 3 is 1.51 bits per heavy atom. The molecule has 9 rings (SSSR count). The second-order valence-electron chi connectivity index (χ2n) is 17.4. The van der Waals surface area contributed by atoms with Gasteiger partial charge in [0.05, 0.1) is 41.4 Å². The van der Waals surface area contributed by atoms with Crippen molar-refractivity contribution in [3.8, 4) is 0 Å². The van der Waals surface area contributed by atoms with Gasteiger partial charge in [0.1, 0.15) is 37.6 Å². The average Bonchev–Trinajstić information content (AvgIpc) is 3.45. The maximum Gasteiger partial charge on any atom is 0.410 e. The number of rotatable bonds is 15. The van der Waals surface area contributed by atoms with Crippen molar-refractivity contribution in [3.05, 3.63) is 215 Å². The molecule has 1 amide bonds. The number of nitrogens with zero attached hydrogens (tertiary/aromatic N) is 1. The van der Waals surface area contributed by atoms with E-state index >= 15 is 0 Å². The summed E-state index contributed by atoms with van der Waals surface area (Å²) in [4.78, 5) is 85.1. The van der Waals surface area contributed by atoms with E-state index in [4.69, 9.17) is 47.4 Å². The number of ether oxygens (including phenoxy) is 10. The zero-order valence-corrected chi connectivity index (χ0v) is 39.9. The Bertz CT molecular complexity index is 2840. The van der Waals surface area contributed by atoms with E-state index in [1.807, 2.05) is 24.3 Å². The number of esters is 5. The van der Waals surface area contributed by atoms with Gasteiger partial charge in [-0.05, 0) is 54.1 Å². The maximum absolute atomic E-state index is 14.4. The number of carbonyl (C=O) groups is 6. The van der Waals surface area contributed by atoms with Crippen molar-refractivity contribution >= 4 is 35.9 Å². The number of hydrogen-bond donors (Lipinski definition) is 0. The molecule has 3 saturated heterocycles. The van der Waals surface area contributed by atoms with Gasteiger partial charge in [-0.2, -0.15) is 0 Å². The second-order valence-corrected chi connectivity index (χ2v) is 17.4. The van der Waals surface area contributed by atoms with Gasteiger partial charge < -0.3 is 47.4 Å². The normalized spacial score (nSPS) is 24.2. The lowest BCUT2D eigenvalue weighted by molar-refractivity contribution is -0.348. The molecule has 380 valence electrons. The molecule has 17 heteroatoms. The maximum atomic E-state index is 14.4. The molecule has 0 radical (unpaired) electrons. The van der Waals surface area contributed by atoms with Crippen LogP contribution in [0.4, 0.5) is 4.79 Å². The first-order chi connectivity index (χ1) is 36.1. The van der Waals surface area contributed by atoms with Crippen molar-refractivity contribution in [1.29, 1.82) is 0 Å². The lowest BCUT2D eigenvalue weighted by Crippen LogP contribution is -2.70. The van der Waals surface area contributed by atoms with Crippen LogP contribution in [0.1, 0.15) is 65.8 Å². The Hall–Kier alpha value is -8.22. The Morgan fingerprint density at radius 1 is 0.514 bits per heavy atom. The second kappa shape index (κ2) is 24.0. The molecular weight excluding hydrogens is 955 g/mol. The number of hydrogen-bond acceptors (Lipinski definition) is 16. The SMILES string of the molecule is CC(=O)O[C@H]1CN(C(=O)OCc2ccccc2)[C@@H]2COC(c3ccccc3)O[C@H]2[C@@H]1O[C@@H]1O[C@H](COC(=O)c2ccccc2)[C@H](OC(=O)c2ccccc2)[C@H](OC(=O)c2ccccc2)[C@H]1OC(=O)c1ccccc1. The minimum atomic E-state index is -1.83. The zero-order valence-electron chi connectivity index (χ0n) is 39.9. The quantitative estimate of drug-likeness (QED) is 0.0716. The monoisotopic (exact) mass is 1010 g/mol. The predicted octanol–water partition coefficient (Wildman–Crippen LogP) is 7.70. The van der Waals surface area contributed by atoms with Crippen LogP contribution in [0.5, 0.6) is 0 Å². The summed E-state index contributed by atoms with van der Waals surface area (Å²) >= 11 is 0. The summed E-state index contributed by atoms with van der Waals surface area (Å²) in [6.07, 6.45) is -14.3. The summed E-state index contributed by atoms with van der Waals surface area (Å²) in [5, 5.41) is 0. The van der Waals surface area contributed by atoms with Gasteiger partial charge in [-0.3, -0.25) is 9.69 Å². The highest BCUT2D eigenvalue weighted by molar-refractivity contribution is 5.91. The standard InChI is InChI=1S/C57H51NO16/c1-36(59)68-44-32-58(57(64)67-33-37-20-8-2-9-21-37)43-34-66-55(42-30-18-7-19-31-42)73-46(43)47(44)74-56-50(72-54(63)41-28-16-6-17-29-41)49(71-53(62)40-26-14-5-15-27-40)48(70-52(61)39-24-12-4-13-25-39)45(69-56)35-65-51(60)38-22-10-3-11-23-38/h2-31,43-50,55-56H,32-35H2,1H3/t43-,44+,45-,46-,47-,48+,49+,50-,55?,56+/m1/s1. The molecular formula is C57H51NO16. The zero-order chi connectivity index (χ0) is 51.4. The van der Waals surface area contributed by atoms with Crippen LogP contribution in [0.25, 0.3) is 0 Å². The highest BCUT2D eigenvalue weighted by Crippen LogP contribution is 2.39.